The number of aryl methyl sites for hydroxylation is 1. The highest BCUT2D eigenvalue weighted by atomic mass is 16.2. The third-order valence-corrected chi connectivity index (χ3v) is 5.17. The average molecular weight is 404 g/mol. The monoisotopic (exact) mass is 404 g/mol. The first-order valence-corrected chi connectivity index (χ1v) is 9.86. The number of amides is 4. The summed E-state index contributed by atoms with van der Waals surface area (Å²) in [5, 5.41) is 14.1. The molecule has 7 nitrogen and oxygen atoms in total. The molecule has 1 aliphatic rings. The number of carbonyl (C=O) groups excluding carboxylic acids is 3. The Kier molecular flexibility index (Phi) is 6.17. The Hall–Kier alpha value is -3.66. The van der Waals surface area contributed by atoms with E-state index in [4.69, 9.17) is 5.26 Å². The minimum absolute atomic E-state index is 0.286. The Morgan fingerprint density at radius 2 is 1.73 bits per heavy atom. The normalized spacial score (nSPS) is 18.1. The molecule has 0 unspecified atom stereocenters. The van der Waals surface area contributed by atoms with Gasteiger partial charge in [0.2, 0.25) is 5.91 Å². The molecule has 0 aliphatic carbocycles. The first-order valence-electron chi connectivity index (χ1n) is 9.86. The van der Waals surface area contributed by atoms with E-state index in [1.807, 2.05) is 24.3 Å². The SMILES string of the molecule is CCCc1ccc([C@]2(C)NC(=O)N(CC(=O)Nc3ccc(CC#N)cc3)C2=O)cc1. The molecule has 0 radical (unpaired) electrons. The Bertz CT molecular complexity index is 993. The zero-order valence-corrected chi connectivity index (χ0v) is 17.1. The van der Waals surface area contributed by atoms with Crippen molar-refractivity contribution < 1.29 is 14.4 Å². The smallest absolute Gasteiger partial charge is 0.325 e. The number of nitrogens with one attached hydrogen (secondary N) is 2. The predicted molar refractivity (Wildman–Crippen MR) is 112 cm³/mol. The number of nitriles is 1. The number of carbonyl (C=O) groups is 3. The largest absolute Gasteiger partial charge is 0.325 e. The summed E-state index contributed by atoms with van der Waals surface area (Å²) in [7, 11) is 0. The number of hydrogen-bond donors (Lipinski definition) is 2. The Morgan fingerprint density at radius 1 is 1.10 bits per heavy atom. The molecular weight excluding hydrogens is 380 g/mol. The Morgan fingerprint density at radius 3 is 2.33 bits per heavy atom. The third kappa shape index (κ3) is 4.33. The van der Waals surface area contributed by atoms with E-state index in [-0.39, 0.29) is 13.0 Å². The molecular formula is C23H24N4O3. The lowest BCUT2D eigenvalue weighted by Gasteiger charge is -2.22. The summed E-state index contributed by atoms with van der Waals surface area (Å²) in [6.07, 6.45) is 2.26. The molecule has 1 fully saturated rings. The molecule has 1 atom stereocenters. The summed E-state index contributed by atoms with van der Waals surface area (Å²) in [6.45, 7) is 3.36. The van der Waals surface area contributed by atoms with Gasteiger partial charge in [0.1, 0.15) is 12.1 Å². The fraction of sp³-hybridized carbons (Fsp3) is 0.304. The molecule has 7 heteroatoms. The van der Waals surface area contributed by atoms with Gasteiger partial charge in [-0.1, -0.05) is 49.7 Å². The highest BCUT2D eigenvalue weighted by molar-refractivity contribution is 6.10. The molecule has 4 amide bonds. The van der Waals surface area contributed by atoms with E-state index < -0.39 is 23.4 Å². The van der Waals surface area contributed by atoms with E-state index in [0.29, 0.717) is 11.3 Å². The molecule has 2 aromatic carbocycles. The third-order valence-electron chi connectivity index (χ3n) is 5.17. The number of rotatable bonds is 7. The van der Waals surface area contributed by atoms with Crippen LogP contribution in [0.15, 0.2) is 48.5 Å². The van der Waals surface area contributed by atoms with Crippen LogP contribution in [0, 0.1) is 11.3 Å². The maximum Gasteiger partial charge on any atom is 0.325 e. The van der Waals surface area contributed by atoms with Crippen molar-refractivity contribution in [3.63, 3.8) is 0 Å². The Balaban J connectivity index is 1.68. The van der Waals surface area contributed by atoms with Gasteiger partial charge in [0.15, 0.2) is 0 Å². The Labute approximate surface area is 175 Å². The van der Waals surface area contributed by atoms with Crippen molar-refractivity contribution in [1.29, 1.82) is 5.26 Å². The van der Waals surface area contributed by atoms with Crippen LogP contribution in [0.3, 0.4) is 0 Å². The summed E-state index contributed by atoms with van der Waals surface area (Å²) in [6, 6.07) is 15.9. The lowest BCUT2D eigenvalue weighted by molar-refractivity contribution is -0.133. The van der Waals surface area contributed by atoms with Crippen molar-refractivity contribution in [2.24, 2.45) is 0 Å². The van der Waals surface area contributed by atoms with Crippen LogP contribution in [0.5, 0.6) is 0 Å². The standard InChI is InChI=1S/C23H24N4O3/c1-3-4-16-5-9-18(10-6-16)23(2)21(29)27(22(30)26-23)15-20(28)25-19-11-7-17(8-12-19)13-14-24/h5-12H,3-4,13,15H2,1-2H3,(H,25,28)(H,26,30)/t23-/m0/s1. The fourth-order valence-corrected chi connectivity index (χ4v) is 3.47. The molecule has 2 N–H and O–H groups in total. The van der Waals surface area contributed by atoms with Crippen molar-refractivity contribution >= 4 is 23.5 Å². The van der Waals surface area contributed by atoms with Gasteiger partial charge < -0.3 is 10.6 Å². The van der Waals surface area contributed by atoms with Crippen LogP contribution in [-0.4, -0.2) is 29.3 Å². The zero-order valence-electron chi connectivity index (χ0n) is 17.1. The van der Waals surface area contributed by atoms with Crippen molar-refractivity contribution in [3.05, 3.63) is 65.2 Å². The number of nitrogens with zero attached hydrogens (tertiary/aromatic N) is 2. The van der Waals surface area contributed by atoms with Crippen LogP contribution in [0.4, 0.5) is 10.5 Å². The maximum absolute atomic E-state index is 13.0. The molecule has 0 saturated carbocycles. The van der Waals surface area contributed by atoms with Gasteiger partial charge in [-0.15, -0.1) is 0 Å². The van der Waals surface area contributed by atoms with Crippen molar-refractivity contribution in [2.75, 3.05) is 11.9 Å². The van der Waals surface area contributed by atoms with Crippen LogP contribution in [0.2, 0.25) is 0 Å². The molecule has 0 spiro atoms. The van der Waals surface area contributed by atoms with Gasteiger partial charge in [0, 0.05) is 5.69 Å². The molecule has 1 saturated heterocycles. The van der Waals surface area contributed by atoms with Gasteiger partial charge in [-0.3, -0.25) is 14.5 Å². The van der Waals surface area contributed by atoms with Gasteiger partial charge in [-0.05, 0) is 42.2 Å². The number of urea groups is 1. The molecule has 30 heavy (non-hydrogen) atoms. The van der Waals surface area contributed by atoms with Gasteiger partial charge in [0.25, 0.3) is 5.91 Å². The van der Waals surface area contributed by atoms with Crippen LogP contribution in [0.25, 0.3) is 0 Å². The van der Waals surface area contributed by atoms with E-state index in [1.54, 1.807) is 31.2 Å². The van der Waals surface area contributed by atoms with Gasteiger partial charge in [0.05, 0.1) is 12.5 Å². The first kappa shape index (κ1) is 21.1. The molecule has 154 valence electrons. The minimum Gasteiger partial charge on any atom is -0.325 e. The molecule has 1 heterocycles. The summed E-state index contributed by atoms with van der Waals surface area (Å²) < 4.78 is 0. The van der Waals surface area contributed by atoms with Crippen molar-refractivity contribution in [1.82, 2.24) is 10.2 Å². The van der Waals surface area contributed by atoms with Gasteiger partial charge >= 0.3 is 6.03 Å². The fourth-order valence-electron chi connectivity index (χ4n) is 3.47. The predicted octanol–water partition coefficient (Wildman–Crippen LogP) is 3.11. The van der Waals surface area contributed by atoms with E-state index in [2.05, 4.69) is 23.6 Å². The van der Waals surface area contributed by atoms with Crippen LogP contribution in [-0.2, 0) is 28.0 Å². The van der Waals surface area contributed by atoms with E-state index >= 15 is 0 Å². The second kappa shape index (κ2) is 8.78. The van der Waals surface area contributed by atoms with Gasteiger partial charge in [-0.25, -0.2) is 4.79 Å². The van der Waals surface area contributed by atoms with Gasteiger partial charge in [-0.2, -0.15) is 5.26 Å². The molecule has 0 aromatic heterocycles. The molecule has 0 bridgehead atoms. The van der Waals surface area contributed by atoms with Crippen LogP contribution >= 0.6 is 0 Å². The van der Waals surface area contributed by atoms with Crippen molar-refractivity contribution in [3.8, 4) is 6.07 Å². The molecule has 2 aromatic rings. The quantitative estimate of drug-likeness (QED) is 0.692. The number of imide groups is 1. The number of benzene rings is 2. The van der Waals surface area contributed by atoms with Crippen LogP contribution in [0.1, 0.15) is 37.0 Å². The topological polar surface area (TPSA) is 102 Å². The maximum atomic E-state index is 13.0. The second-order valence-electron chi connectivity index (χ2n) is 7.47. The van der Waals surface area contributed by atoms with E-state index in [0.717, 1.165) is 23.3 Å². The summed E-state index contributed by atoms with van der Waals surface area (Å²) in [5.41, 5.74) is 2.00. The van der Waals surface area contributed by atoms with Crippen molar-refractivity contribution in [2.45, 2.75) is 38.6 Å². The summed E-state index contributed by atoms with van der Waals surface area (Å²) >= 11 is 0. The average Bonchev–Trinajstić information content (AvgIpc) is 2.94. The summed E-state index contributed by atoms with van der Waals surface area (Å²) in [5.74, 6) is -0.940. The molecule has 1 aliphatic heterocycles. The van der Waals surface area contributed by atoms with E-state index in [1.165, 1.54) is 5.56 Å². The number of hydrogen-bond acceptors (Lipinski definition) is 4. The number of anilines is 1. The summed E-state index contributed by atoms with van der Waals surface area (Å²) in [4.78, 5) is 38.7. The highest BCUT2D eigenvalue weighted by Crippen LogP contribution is 2.29. The van der Waals surface area contributed by atoms with Crippen LogP contribution < -0.4 is 10.6 Å². The lowest BCUT2D eigenvalue weighted by Crippen LogP contribution is -2.42. The molecule has 3 rings (SSSR count). The lowest BCUT2D eigenvalue weighted by atomic mass is 9.91. The van der Waals surface area contributed by atoms with E-state index in [9.17, 15) is 14.4 Å². The first-order chi connectivity index (χ1) is 14.4. The second-order valence-corrected chi connectivity index (χ2v) is 7.47. The highest BCUT2D eigenvalue weighted by Gasteiger charge is 2.49. The zero-order chi connectivity index (χ0) is 21.7. The minimum atomic E-state index is -1.21.